The summed E-state index contributed by atoms with van der Waals surface area (Å²) >= 11 is 0. The second-order valence-electron chi connectivity index (χ2n) is 4.88. The molecule has 0 saturated carbocycles. The molecule has 5 nitrogen and oxygen atoms in total. The summed E-state index contributed by atoms with van der Waals surface area (Å²) in [5.41, 5.74) is -2.31. The third-order valence-corrected chi connectivity index (χ3v) is 3.99. The number of rotatable bonds is 5. The van der Waals surface area contributed by atoms with Gasteiger partial charge in [0.2, 0.25) is 10.0 Å². The SMILES string of the molecule is CC(C)CS(=O)(=O)Nc1cc(C(=O)O)cc(C(F)(F)F)c1. The number of carboxylic acid groups (broad SMARTS) is 1. The highest BCUT2D eigenvalue weighted by atomic mass is 32.2. The van der Waals surface area contributed by atoms with Gasteiger partial charge in [-0.1, -0.05) is 13.8 Å². The number of carboxylic acids is 1. The van der Waals surface area contributed by atoms with E-state index in [0.29, 0.717) is 12.1 Å². The molecule has 0 spiro atoms. The molecule has 1 rings (SSSR count). The Bertz CT molecular complexity index is 638. The van der Waals surface area contributed by atoms with Crippen molar-refractivity contribution in [3.63, 3.8) is 0 Å². The van der Waals surface area contributed by atoms with E-state index < -0.39 is 39.0 Å². The van der Waals surface area contributed by atoms with Gasteiger partial charge >= 0.3 is 12.1 Å². The number of carbonyl (C=O) groups is 1. The van der Waals surface area contributed by atoms with E-state index in [4.69, 9.17) is 5.11 Å². The van der Waals surface area contributed by atoms with Crippen molar-refractivity contribution in [2.75, 3.05) is 10.5 Å². The standard InChI is InChI=1S/C12H14F3NO4S/c1-7(2)6-21(19,20)16-10-4-8(11(17)18)3-9(5-10)12(13,14)15/h3-5,7,16H,6H2,1-2H3,(H,17,18). The van der Waals surface area contributed by atoms with E-state index in [1.807, 2.05) is 4.72 Å². The van der Waals surface area contributed by atoms with Crippen molar-refractivity contribution in [2.45, 2.75) is 20.0 Å². The molecule has 0 aliphatic heterocycles. The predicted octanol–water partition coefficient (Wildman–Crippen LogP) is 2.80. The zero-order chi connectivity index (χ0) is 16.4. The van der Waals surface area contributed by atoms with Crippen molar-refractivity contribution in [1.82, 2.24) is 0 Å². The number of hydrogen-bond acceptors (Lipinski definition) is 3. The first-order valence-corrected chi connectivity index (χ1v) is 7.52. The summed E-state index contributed by atoms with van der Waals surface area (Å²) in [5, 5.41) is 8.80. The first kappa shape index (κ1) is 17.3. The average Bonchev–Trinajstić information content (AvgIpc) is 2.24. The van der Waals surface area contributed by atoms with Gasteiger partial charge in [0.05, 0.1) is 16.9 Å². The monoisotopic (exact) mass is 325 g/mol. The lowest BCUT2D eigenvalue weighted by Gasteiger charge is -2.13. The number of halogens is 3. The van der Waals surface area contributed by atoms with Crippen LogP contribution in [0.3, 0.4) is 0 Å². The van der Waals surface area contributed by atoms with E-state index in [-0.39, 0.29) is 11.7 Å². The van der Waals surface area contributed by atoms with Gasteiger partial charge in [-0.05, 0) is 24.1 Å². The maximum Gasteiger partial charge on any atom is 0.416 e. The molecular weight excluding hydrogens is 311 g/mol. The number of benzene rings is 1. The van der Waals surface area contributed by atoms with Crippen LogP contribution in [0.25, 0.3) is 0 Å². The van der Waals surface area contributed by atoms with Crippen molar-refractivity contribution >= 4 is 21.7 Å². The smallest absolute Gasteiger partial charge is 0.416 e. The fourth-order valence-corrected chi connectivity index (χ4v) is 3.07. The summed E-state index contributed by atoms with van der Waals surface area (Å²) in [4.78, 5) is 10.8. The molecule has 0 bridgehead atoms. The van der Waals surface area contributed by atoms with Gasteiger partial charge in [0.1, 0.15) is 0 Å². The van der Waals surface area contributed by atoms with E-state index in [9.17, 15) is 26.4 Å². The molecule has 0 aliphatic carbocycles. The van der Waals surface area contributed by atoms with Gasteiger partial charge in [-0.25, -0.2) is 13.2 Å². The molecule has 2 N–H and O–H groups in total. The van der Waals surface area contributed by atoms with Crippen LogP contribution < -0.4 is 4.72 Å². The molecule has 0 atom stereocenters. The Morgan fingerprint density at radius 1 is 1.29 bits per heavy atom. The Morgan fingerprint density at radius 2 is 1.86 bits per heavy atom. The van der Waals surface area contributed by atoms with Crippen molar-refractivity contribution in [3.05, 3.63) is 29.3 Å². The Kier molecular flexibility index (Phi) is 4.87. The molecule has 1 aromatic rings. The minimum atomic E-state index is -4.77. The quantitative estimate of drug-likeness (QED) is 0.872. The lowest BCUT2D eigenvalue weighted by Crippen LogP contribution is -2.20. The number of alkyl halides is 3. The van der Waals surface area contributed by atoms with Crippen LogP contribution in [0.1, 0.15) is 29.8 Å². The molecule has 9 heteroatoms. The molecule has 1 aromatic carbocycles. The van der Waals surface area contributed by atoms with Gasteiger partial charge in [0.15, 0.2) is 0 Å². The van der Waals surface area contributed by atoms with Gasteiger partial charge in [-0.3, -0.25) is 4.72 Å². The van der Waals surface area contributed by atoms with Crippen LogP contribution in [0.15, 0.2) is 18.2 Å². The van der Waals surface area contributed by atoms with Crippen LogP contribution in [0.5, 0.6) is 0 Å². The summed E-state index contributed by atoms with van der Waals surface area (Å²) in [6, 6.07) is 1.85. The molecule has 0 unspecified atom stereocenters. The first-order valence-electron chi connectivity index (χ1n) is 5.87. The minimum absolute atomic E-state index is 0.229. The topological polar surface area (TPSA) is 83.5 Å². The third kappa shape index (κ3) is 5.25. The molecule has 0 radical (unpaired) electrons. The van der Waals surface area contributed by atoms with E-state index in [1.54, 1.807) is 13.8 Å². The van der Waals surface area contributed by atoms with Crippen molar-refractivity contribution < 1.29 is 31.5 Å². The zero-order valence-electron chi connectivity index (χ0n) is 11.2. The van der Waals surface area contributed by atoms with E-state index in [0.717, 1.165) is 6.07 Å². The van der Waals surface area contributed by atoms with Crippen LogP contribution in [0.4, 0.5) is 18.9 Å². The number of nitrogens with one attached hydrogen (secondary N) is 1. The number of aromatic carboxylic acids is 1. The maximum atomic E-state index is 12.7. The fourth-order valence-electron chi connectivity index (χ4n) is 1.63. The Hall–Kier alpha value is -1.77. The molecule has 118 valence electrons. The van der Waals surface area contributed by atoms with Crippen LogP contribution in [-0.4, -0.2) is 25.2 Å². The van der Waals surface area contributed by atoms with E-state index >= 15 is 0 Å². The number of anilines is 1. The lowest BCUT2D eigenvalue weighted by molar-refractivity contribution is -0.137. The highest BCUT2D eigenvalue weighted by Crippen LogP contribution is 2.32. The first-order chi connectivity index (χ1) is 9.40. The molecular formula is C12H14F3NO4S. The summed E-state index contributed by atoms with van der Waals surface area (Å²) in [7, 11) is -3.85. The van der Waals surface area contributed by atoms with Gasteiger partial charge in [0.25, 0.3) is 0 Å². The van der Waals surface area contributed by atoms with Gasteiger partial charge in [0, 0.05) is 5.69 Å². The van der Waals surface area contributed by atoms with Gasteiger partial charge in [-0.2, -0.15) is 13.2 Å². The van der Waals surface area contributed by atoms with E-state index in [1.165, 1.54) is 0 Å². The zero-order valence-corrected chi connectivity index (χ0v) is 12.0. The molecule has 0 saturated heterocycles. The van der Waals surface area contributed by atoms with Crippen LogP contribution >= 0.6 is 0 Å². The highest BCUT2D eigenvalue weighted by Gasteiger charge is 2.32. The highest BCUT2D eigenvalue weighted by molar-refractivity contribution is 7.92. The van der Waals surface area contributed by atoms with Crippen LogP contribution in [0.2, 0.25) is 0 Å². The maximum absolute atomic E-state index is 12.7. The van der Waals surface area contributed by atoms with Gasteiger partial charge in [-0.15, -0.1) is 0 Å². The summed E-state index contributed by atoms with van der Waals surface area (Å²) in [6.45, 7) is 3.27. The summed E-state index contributed by atoms with van der Waals surface area (Å²) in [5.74, 6) is -2.09. The Morgan fingerprint density at radius 3 is 2.29 bits per heavy atom. The third-order valence-electron chi connectivity index (χ3n) is 2.33. The van der Waals surface area contributed by atoms with Crippen LogP contribution in [0, 0.1) is 5.92 Å². The van der Waals surface area contributed by atoms with Crippen molar-refractivity contribution in [1.29, 1.82) is 0 Å². The molecule has 0 amide bonds. The second kappa shape index (κ2) is 5.92. The fraction of sp³-hybridized carbons (Fsp3) is 0.417. The van der Waals surface area contributed by atoms with Crippen molar-refractivity contribution in [2.24, 2.45) is 5.92 Å². The molecule has 21 heavy (non-hydrogen) atoms. The Labute approximate surface area is 119 Å². The second-order valence-corrected chi connectivity index (χ2v) is 6.65. The lowest BCUT2D eigenvalue weighted by atomic mass is 10.1. The predicted molar refractivity (Wildman–Crippen MR) is 70.7 cm³/mol. The normalized spacial score (nSPS) is 12.5. The molecule has 0 aromatic heterocycles. The largest absolute Gasteiger partial charge is 0.478 e. The molecule has 0 aliphatic rings. The van der Waals surface area contributed by atoms with Crippen molar-refractivity contribution in [3.8, 4) is 0 Å². The number of hydrogen-bond donors (Lipinski definition) is 2. The minimum Gasteiger partial charge on any atom is -0.478 e. The number of sulfonamides is 1. The summed E-state index contributed by atoms with van der Waals surface area (Å²) in [6.07, 6.45) is -4.77. The average molecular weight is 325 g/mol. The molecule has 0 heterocycles. The molecule has 0 fully saturated rings. The van der Waals surface area contributed by atoms with Crippen LogP contribution in [-0.2, 0) is 16.2 Å². The Balaban J connectivity index is 3.24. The van der Waals surface area contributed by atoms with Gasteiger partial charge < -0.3 is 5.11 Å². The summed E-state index contributed by atoms with van der Waals surface area (Å²) < 4.78 is 63.4. The van der Waals surface area contributed by atoms with E-state index in [2.05, 4.69) is 0 Å².